The standard InChI is InChI=1S/C22H24N2O4S/c1-13-16-18(25)24(22(2,3)20(26)27)21(28)23(12-11-14-7-5-4-6-8-14)19(16)29-17(13)15-9-10-15/h4-8,15H,9-12H2,1-3H3,(H,26,27). The van der Waals surface area contributed by atoms with E-state index in [-0.39, 0.29) is 0 Å². The zero-order chi connectivity index (χ0) is 20.9. The number of thiophene rings is 1. The normalized spacial score (nSPS) is 14.4. The Kier molecular flexibility index (Phi) is 4.73. The monoisotopic (exact) mass is 412 g/mol. The predicted molar refractivity (Wildman–Crippen MR) is 114 cm³/mol. The molecule has 1 aliphatic carbocycles. The lowest BCUT2D eigenvalue weighted by Crippen LogP contribution is -2.52. The SMILES string of the molecule is Cc1c(C2CC2)sc2c1c(=O)n(C(C)(C)C(=O)O)c(=O)n2CCc1ccccc1. The van der Waals surface area contributed by atoms with E-state index in [1.165, 1.54) is 25.2 Å². The van der Waals surface area contributed by atoms with Crippen LogP contribution in [0.25, 0.3) is 10.2 Å². The molecule has 0 bridgehead atoms. The average molecular weight is 413 g/mol. The van der Waals surface area contributed by atoms with Gasteiger partial charge < -0.3 is 5.11 Å². The molecule has 1 aromatic carbocycles. The molecule has 0 spiro atoms. The molecule has 1 N–H and O–H groups in total. The van der Waals surface area contributed by atoms with Crippen LogP contribution in [0.5, 0.6) is 0 Å². The van der Waals surface area contributed by atoms with E-state index in [9.17, 15) is 19.5 Å². The van der Waals surface area contributed by atoms with Crippen molar-refractivity contribution in [3.63, 3.8) is 0 Å². The fourth-order valence-electron chi connectivity index (χ4n) is 3.77. The number of carboxylic acid groups (broad SMARTS) is 1. The summed E-state index contributed by atoms with van der Waals surface area (Å²) in [5.41, 5.74) is -0.729. The second kappa shape index (κ2) is 6.99. The number of carboxylic acids is 1. The molecular weight excluding hydrogens is 388 g/mol. The van der Waals surface area contributed by atoms with Gasteiger partial charge in [-0.3, -0.25) is 9.36 Å². The topological polar surface area (TPSA) is 81.3 Å². The van der Waals surface area contributed by atoms with E-state index in [1.807, 2.05) is 37.3 Å². The van der Waals surface area contributed by atoms with E-state index in [4.69, 9.17) is 0 Å². The predicted octanol–water partition coefficient (Wildman–Crippen LogP) is 3.47. The van der Waals surface area contributed by atoms with Crippen molar-refractivity contribution in [1.29, 1.82) is 0 Å². The smallest absolute Gasteiger partial charge is 0.333 e. The van der Waals surface area contributed by atoms with E-state index in [0.717, 1.165) is 33.4 Å². The summed E-state index contributed by atoms with van der Waals surface area (Å²) < 4.78 is 2.51. The third kappa shape index (κ3) is 3.23. The zero-order valence-electron chi connectivity index (χ0n) is 16.8. The number of rotatable bonds is 6. The van der Waals surface area contributed by atoms with Crippen LogP contribution in [0.3, 0.4) is 0 Å². The highest BCUT2D eigenvalue weighted by Crippen LogP contribution is 2.46. The van der Waals surface area contributed by atoms with Crippen LogP contribution in [-0.4, -0.2) is 20.2 Å². The van der Waals surface area contributed by atoms with Crippen molar-refractivity contribution in [2.24, 2.45) is 0 Å². The van der Waals surface area contributed by atoms with E-state index < -0.39 is 22.8 Å². The molecular formula is C22H24N2O4S. The van der Waals surface area contributed by atoms with Crippen LogP contribution in [0.4, 0.5) is 0 Å². The van der Waals surface area contributed by atoms with Crippen LogP contribution < -0.4 is 11.2 Å². The van der Waals surface area contributed by atoms with Gasteiger partial charge in [0.2, 0.25) is 0 Å². The van der Waals surface area contributed by atoms with Gasteiger partial charge in [0.15, 0.2) is 0 Å². The van der Waals surface area contributed by atoms with Gasteiger partial charge in [-0.2, -0.15) is 0 Å². The molecule has 2 heterocycles. The molecule has 0 aliphatic heterocycles. The van der Waals surface area contributed by atoms with Gasteiger partial charge in [0.25, 0.3) is 5.56 Å². The maximum Gasteiger partial charge on any atom is 0.333 e. The average Bonchev–Trinajstić information content (AvgIpc) is 3.45. The van der Waals surface area contributed by atoms with E-state index in [2.05, 4.69) is 0 Å². The Labute approximate surface area is 172 Å². The molecule has 0 unspecified atom stereocenters. The molecule has 3 aromatic rings. The first kappa shape index (κ1) is 19.6. The number of fused-ring (bicyclic) bond motifs is 1. The van der Waals surface area contributed by atoms with Crippen molar-refractivity contribution >= 4 is 27.5 Å². The number of carbonyl (C=O) groups is 1. The molecule has 29 heavy (non-hydrogen) atoms. The maximum absolute atomic E-state index is 13.4. The number of nitrogens with zero attached hydrogens (tertiary/aromatic N) is 2. The molecule has 1 saturated carbocycles. The van der Waals surface area contributed by atoms with E-state index in [0.29, 0.717) is 29.1 Å². The molecule has 6 nitrogen and oxygen atoms in total. The Balaban J connectivity index is 1.97. The first-order chi connectivity index (χ1) is 13.7. The maximum atomic E-state index is 13.4. The quantitative estimate of drug-likeness (QED) is 0.672. The lowest BCUT2D eigenvalue weighted by atomic mass is 10.1. The second-order valence-electron chi connectivity index (χ2n) is 8.22. The Morgan fingerprint density at radius 3 is 2.45 bits per heavy atom. The lowest BCUT2D eigenvalue weighted by Gasteiger charge is -2.23. The minimum atomic E-state index is -1.63. The zero-order valence-corrected chi connectivity index (χ0v) is 17.6. The first-order valence-corrected chi connectivity index (χ1v) is 10.6. The summed E-state index contributed by atoms with van der Waals surface area (Å²) >= 11 is 1.51. The van der Waals surface area contributed by atoms with Crippen molar-refractivity contribution < 1.29 is 9.90 Å². The fraction of sp³-hybridized carbons (Fsp3) is 0.409. The number of aromatic nitrogens is 2. The van der Waals surface area contributed by atoms with Crippen LogP contribution in [0.1, 0.15) is 48.6 Å². The van der Waals surface area contributed by atoms with Crippen molar-refractivity contribution in [1.82, 2.24) is 9.13 Å². The minimum absolute atomic E-state index is 0.388. The molecule has 1 fully saturated rings. The molecule has 0 radical (unpaired) electrons. The largest absolute Gasteiger partial charge is 0.480 e. The highest BCUT2D eigenvalue weighted by atomic mass is 32.1. The van der Waals surface area contributed by atoms with Gasteiger partial charge in [-0.05, 0) is 57.1 Å². The van der Waals surface area contributed by atoms with Crippen molar-refractivity contribution in [2.45, 2.75) is 58.0 Å². The molecule has 1 aliphatic rings. The van der Waals surface area contributed by atoms with Crippen LogP contribution >= 0.6 is 11.3 Å². The summed E-state index contributed by atoms with van der Waals surface area (Å²) in [5, 5.41) is 10.2. The Morgan fingerprint density at radius 1 is 1.21 bits per heavy atom. The van der Waals surface area contributed by atoms with Gasteiger partial charge in [0.05, 0.1) is 5.39 Å². The number of hydrogen-bond donors (Lipinski definition) is 1. The number of aliphatic carboxylic acids is 1. The van der Waals surface area contributed by atoms with Crippen LogP contribution in [0, 0.1) is 6.92 Å². The summed E-state index contributed by atoms with van der Waals surface area (Å²) in [6.45, 7) is 5.10. The van der Waals surface area contributed by atoms with Gasteiger partial charge >= 0.3 is 11.7 Å². The van der Waals surface area contributed by atoms with Crippen molar-refractivity contribution in [2.75, 3.05) is 0 Å². The lowest BCUT2D eigenvalue weighted by molar-refractivity contribution is -0.146. The van der Waals surface area contributed by atoms with Gasteiger partial charge in [-0.25, -0.2) is 14.2 Å². The molecule has 7 heteroatoms. The highest BCUT2D eigenvalue weighted by molar-refractivity contribution is 7.19. The Bertz CT molecular complexity index is 1210. The molecule has 152 valence electrons. The number of aryl methyl sites for hydroxylation is 3. The van der Waals surface area contributed by atoms with E-state index >= 15 is 0 Å². The summed E-state index contributed by atoms with van der Waals surface area (Å²) in [7, 11) is 0. The van der Waals surface area contributed by atoms with Gasteiger partial charge in [0, 0.05) is 11.4 Å². The van der Waals surface area contributed by atoms with Crippen LogP contribution in [-0.2, 0) is 23.3 Å². The molecule has 0 atom stereocenters. The Hall–Kier alpha value is -2.67. The van der Waals surface area contributed by atoms with Gasteiger partial charge in [-0.1, -0.05) is 30.3 Å². The van der Waals surface area contributed by atoms with Gasteiger partial charge in [0.1, 0.15) is 10.4 Å². The molecule has 0 amide bonds. The van der Waals surface area contributed by atoms with Gasteiger partial charge in [-0.15, -0.1) is 11.3 Å². The summed E-state index contributed by atoms with van der Waals surface area (Å²) in [5.74, 6) is -0.758. The molecule has 2 aromatic heterocycles. The third-order valence-corrected chi connectivity index (χ3v) is 7.22. The van der Waals surface area contributed by atoms with E-state index in [1.54, 1.807) is 4.57 Å². The summed E-state index contributed by atoms with van der Waals surface area (Å²) in [6.07, 6.45) is 2.81. The number of hydrogen-bond acceptors (Lipinski definition) is 4. The Morgan fingerprint density at radius 2 is 1.86 bits per heavy atom. The van der Waals surface area contributed by atoms with Crippen LogP contribution in [0.15, 0.2) is 39.9 Å². The van der Waals surface area contributed by atoms with Crippen LogP contribution in [0.2, 0.25) is 0 Å². The summed E-state index contributed by atoms with van der Waals surface area (Å²) in [6, 6.07) is 9.82. The molecule has 0 saturated heterocycles. The third-order valence-electron chi connectivity index (χ3n) is 5.75. The fourth-order valence-corrected chi connectivity index (χ4v) is 5.26. The van der Waals surface area contributed by atoms with Crippen molar-refractivity contribution in [3.8, 4) is 0 Å². The molecule has 4 rings (SSSR count). The first-order valence-electron chi connectivity index (χ1n) is 9.80. The minimum Gasteiger partial charge on any atom is -0.480 e. The second-order valence-corrected chi connectivity index (χ2v) is 9.25. The van der Waals surface area contributed by atoms with Crippen molar-refractivity contribution in [3.05, 3.63) is 67.2 Å². The number of benzene rings is 1. The summed E-state index contributed by atoms with van der Waals surface area (Å²) in [4.78, 5) is 40.3. The highest BCUT2D eigenvalue weighted by Gasteiger charge is 2.36.